The van der Waals surface area contributed by atoms with Gasteiger partial charge in [0, 0.05) is 12.3 Å². The number of ketones is 1. The third-order valence-corrected chi connectivity index (χ3v) is 4.57. The van der Waals surface area contributed by atoms with E-state index in [2.05, 4.69) is 5.32 Å². The number of amides is 1. The van der Waals surface area contributed by atoms with Crippen LogP contribution >= 0.6 is 0 Å². The summed E-state index contributed by atoms with van der Waals surface area (Å²) >= 11 is 0. The van der Waals surface area contributed by atoms with Crippen molar-refractivity contribution in [3.05, 3.63) is 0 Å². The third kappa shape index (κ3) is 10.3. The van der Waals surface area contributed by atoms with Gasteiger partial charge in [0.1, 0.15) is 31.0 Å². The summed E-state index contributed by atoms with van der Waals surface area (Å²) in [5.74, 6) is -0.387. The fourth-order valence-corrected chi connectivity index (χ4v) is 2.66. The van der Waals surface area contributed by atoms with E-state index in [0.717, 1.165) is 0 Å². The Hall–Kier alpha value is -1.18. The predicted octanol–water partition coefficient (Wildman–Crippen LogP) is -1.39. The number of hydrogen-bond donors (Lipinski definition) is 4. The SMILES string of the molecule is CC(=O)N[C@H]1[C@H](OCCOCCOCCOCC(=O)C(C)(C)C)O[C@H](CO)[C@H](O)[C@@H]1O. The van der Waals surface area contributed by atoms with Crippen molar-refractivity contribution < 1.29 is 48.6 Å². The minimum Gasteiger partial charge on any atom is -0.394 e. The van der Waals surface area contributed by atoms with Crippen LogP contribution in [0.2, 0.25) is 0 Å². The quantitative estimate of drug-likeness (QED) is 0.232. The number of carbonyl (C=O) groups excluding carboxylic acids is 2. The molecular weight excluding hydrogens is 414 g/mol. The Labute approximate surface area is 182 Å². The van der Waals surface area contributed by atoms with E-state index >= 15 is 0 Å². The lowest BCUT2D eigenvalue weighted by atomic mass is 9.91. The van der Waals surface area contributed by atoms with E-state index in [1.54, 1.807) is 0 Å². The van der Waals surface area contributed by atoms with Crippen molar-refractivity contribution in [3.8, 4) is 0 Å². The number of aliphatic hydroxyl groups is 3. The van der Waals surface area contributed by atoms with E-state index in [9.17, 15) is 24.9 Å². The van der Waals surface area contributed by atoms with E-state index in [1.807, 2.05) is 20.8 Å². The number of hydrogen-bond acceptors (Lipinski definition) is 10. The van der Waals surface area contributed by atoms with Gasteiger partial charge in [-0.3, -0.25) is 9.59 Å². The molecule has 0 aromatic rings. The lowest BCUT2D eigenvalue weighted by Crippen LogP contribution is -2.64. The molecule has 182 valence electrons. The van der Waals surface area contributed by atoms with Crippen LogP contribution in [0.4, 0.5) is 0 Å². The van der Waals surface area contributed by atoms with E-state index in [1.165, 1.54) is 6.92 Å². The van der Waals surface area contributed by atoms with E-state index in [0.29, 0.717) is 26.4 Å². The molecule has 31 heavy (non-hydrogen) atoms. The second-order valence-electron chi connectivity index (χ2n) is 8.25. The van der Waals surface area contributed by atoms with Gasteiger partial charge in [0.05, 0.1) is 46.2 Å². The highest BCUT2D eigenvalue weighted by molar-refractivity contribution is 5.84. The van der Waals surface area contributed by atoms with Crippen LogP contribution in [0.1, 0.15) is 27.7 Å². The van der Waals surface area contributed by atoms with Crippen molar-refractivity contribution >= 4 is 11.7 Å². The maximum absolute atomic E-state index is 11.7. The standard InChI is InChI=1S/C20H37NO10/c1-13(23)21-16-18(26)17(25)14(11-22)31-19(16)30-10-9-28-6-5-27-7-8-29-12-15(24)20(2,3)4/h14,16-19,22,25-26H,5-12H2,1-4H3,(H,21,23)/t14-,16-,17+,18-,19-/m1/s1. The van der Waals surface area contributed by atoms with E-state index < -0.39 is 48.6 Å². The molecule has 1 fully saturated rings. The average Bonchev–Trinajstić information content (AvgIpc) is 2.69. The molecule has 1 amide bonds. The molecule has 0 aromatic carbocycles. The van der Waals surface area contributed by atoms with Gasteiger partial charge in [0.15, 0.2) is 12.1 Å². The van der Waals surface area contributed by atoms with Crippen LogP contribution in [0.15, 0.2) is 0 Å². The zero-order chi connectivity index (χ0) is 23.4. The van der Waals surface area contributed by atoms with Crippen molar-refractivity contribution in [2.24, 2.45) is 5.41 Å². The van der Waals surface area contributed by atoms with Crippen molar-refractivity contribution in [2.45, 2.75) is 58.3 Å². The first-order valence-corrected chi connectivity index (χ1v) is 10.4. The fraction of sp³-hybridized carbons (Fsp3) is 0.900. The topological polar surface area (TPSA) is 153 Å². The summed E-state index contributed by atoms with van der Waals surface area (Å²) in [7, 11) is 0. The minimum absolute atomic E-state index is 0.0332. The van der Waals surface area contributed by atoms with Gasteiger partial charge >= 0.3 is 0 Å². The molecule has 4 N–H and O–H groups in total. The summed E-state index contributed by atoms with van der Waals surface area (Å²) in [6.07, 6.45) is -4.78. The molecule has 0 saturated carbocycles. The Kier molecular flexibility index (Phi) is 12.6. The summed E-state index contributed by atoms with van der Waals surface area (Å²) in [5.41, 5.74) is -0.418. The molecule has 1 aliphatic rings. The smallest absolute Gasteiger partial charge is 0.217 e. The van der Waals surface area contributed by atoms with E-state index in [4.69, 9.17) is 23.7 Å². The van der Waals surface area contributed by atoms with Gasteiger partial charge in [0.2, 0.25) is 5.91 Å². The Bertz CT molecular complexity index is 539. The Morgan fingerprint density at radius 2 is 1.48 bits per heavy atom. The van der Waals surface area contributed by atoms with Gasteiger partial charge in [-0.2, -0.15) is 0 Å². The third-order valence-electron chi connectivity index (χ3n) is 4.57. The summed E-state index contributed by atoms with van der Waals surface area (Å²) in [4.78, 5) is 23.0. The zero-order valence-electron chi connectivity index (χ0n) is 18.7. The molecule has 11 heteroatoms. The molecule has 1 rings (SSSR count). The van der Waals surface area contributed by atoms with Gasteiger partial charge in [-0.1, -0.05) is 20.8 Å². The largest absolute Gasteiger partial charge is 0.394 e. The first kappa shape index (κ1) is 27.9. The number of ether oxygens (including phenoxy) is 5. The first-order chi connectivity index (χ1) is 14.6. The first-order valence-electron chi connectivity index (χ1n) is 10.4. The Balaban J connectivity index is 2.16. The molecule has 0 unspecified atom stereocenters. The minimum atomic E-state index is -1.36. The van der Waals surface area contributed by atoms with Crippen LogP contribution in [0.3, 0.4) is 0 Å². The average molecular weight is 452 g/mol. The lowest BCUT2D eigenvalue weighted by Gasteiger charge is -2.42. The van der Waals surface area contributed by atoms with Crippen LogP contribution in [0.25, 0.3) is 0 Å². The molecule has 0 aromatic heterocycles. The summed E-state index contributed by atoms with van der Waals surface area (Å²) in [5, 5.41) is 31.9. The molecule has 0 bridgehead atoms. The monoisotopic (exact) mass is 451 g/mol. The molecular formula is C20H37NO10. The van der Waals surface area contributed by atoms with Crippen molar-refractivity contribution in [3.63, 3.8) is 0 Å². The van der Waals surface area contributed by atoms with Gasteiger partial charge in [-0.25, -0.2) is 0 Å². The lowest BCUT2D eigenvalue weighted by molar-refractivity contribution is -0.272. The van der Waals surface area contributed by atoms with Crippen LogP contribution in [-0.4, -0.2) is 111 Å². The highest BCUT2D eigenvalue weighted by Gasteiger charge is 2.45. The van der Waals surface area contributed by atoms with Gasteiger partial charge < -0.3 is 44.3 Å². The van der Waals surface area contributed by atoms with Gasteiger partial charge in [-0.05, 0) is 0 Å². The molecule has 0 radical (unpaired) electrons. The molecule has 0 aliphatic carbocycles. The second kappa shape index (κ2) is 14.1. The van der Waals surface area contributed by atoms with Crippen molar-refractivity contribution in [1.29, 1.82) is 0 Å². The molecule has 11 nitrogen and oxygen atoms in total. The van der Waals surface area contributed by atoms with E-state index in [-0.39, 0.29) is 25.6 Å². The summed E-state index contributed by atoms with van der Waals surface area (Å²) in [6, 6.07) is -0.983. The molecule has 1 aliphatic heterocycles. The van der Waals surface area contributed by atoms with Crippen molar-refractivity contribution in [2.75, 3.05) is 52.9 Å². The molecule has 5 atom stereocenters. The molecule has 1 saturated heterocycles. The zero-order valence-corrected chi connectivity index (χ0v) is 18.7. The van der Waals surface area contributed by atoms with Crippen LogP contribution in [-0.2, 0) is 33.3 Å². The second-order valence-corrected chi connectivity index (χ2v) is 8.25. The van der Waals surface area contributed by atoms with Crippen LogP contribution in [0, 0.1) is 5.41 Å². The molecule has 0 spiro atoms. The highest BCUT2D eigenvalue weighted by atomic mass is 16.7. The fourth-order valence-electron chi connectivity index (χ4n) is 2.66. The van der Waals surface area contributed by atoms with Crippen LogP contribution < -0.4 is 5.32 Å². The highest BCUT2D eigenvalue weighted by Crippen LogP contribution is 2.22. The normalized spacial score (nSPS) is 26.6. The van der Waals surface area contributed by atoms with Crippen molar-refractivity contribution in [1.82, 2.24) is 5.32 Å². The van der Waals surface area contributed by atoms with Gasteiger partial charge in [0.25, 0.3) is 0 Å². The number of nitrogens with one attached hydrogen (secondary N) is 1. The number of rotatable bonds is 14. The maximum Gasteiger partial charge on any atom is 0.217 e. The predicted molar refractivity (Wildman–Crippen MR) is 108 cm³/mol. The number of Topliss-reactive ketones (excluding diaryl/α,β-unsaturated/α-hetero) is 1. The van der Waals surface area contributed by atoms with Gasteiger partial charge in [-0.15, -0.1) is 0 Å². The maximum atomic E-state index is 11.7. The molecule has 1 heterocycles. The number of aliphatic hydroxyl groups excluding tert-OH is 3. The number of carbonyl (C=O) groups is 2. The Morgan fingerprint density at radius 3 is 2.00 bits per heavy atom. The summed E-state index contributed by atoms with van der Waals surface area (Å²) in [6.45, 7) is 7.95. The van der Waals surface area contributed by atoms with Crippen LogP contribution in [0.5, 0.6) is 0 Å². The Morgan fingerprint density at radius 1 is 0.935 bits per heavy atom. The summed E-state index contributed by atoms with van der Waals surface area (Å²) < 4.78 is 27.0.